The van der Waals surface area contributed by atoms with E-state index in [2.05, 4.69) is 5.32 Å². The highest BCUT2D eigenvalue weighted by Gasteiger charge is 2.30. The molecular formula is C17H21ClN2O3S3. The Balaban J connectivity index is 1.68. The summed E-state index contributed by atoms with van der Waals surface area (Å²) in [7, 11) is -2.30. The average molecular weight is 433 g/mol. The molecule has 0 radical (unpaired) electrons. The van der Waals surface area contributed by atoms with Crippen LogP contribution in [0.25, 0.3) is 0 Å². The molecule has 0 aromatic carbocycles. The average Bonchev–Trinajstić information content (AvgIpc) is 3.34. The minimum atomic E-state index is -3.71. The number of hydrogen-bond acceptors (Lipinski definition) is 5. The van der Waals surface area contributed by atoms with E-state index >= 15 is 0 Å². The van der Waals surface area contributed by atoms with Crippen LogP contribution in [0, 0.1) is 5.92 Å². The second kappa shape index (κ2) is 8.39. The summed E-state index contributed by atoms with van der Waals surface area (Å²) in [4.78, 5) is 13.7. The van der Waals surface area contributed by atoms with Crippen molar-refractivity contribution in [1.82, 2.24) is 9.62 Å². The van der Waals surface area contributed by atoms with Crippen LogP contribution in [0.1, 0.15) is 36.6 Å². The molecule has 2 aromatic rings. The van der Waals surface area contributed by atoms with Gasteiger partial charge in [-0.25, -0.2) is 8.42 Å². The molecule has 1 fully saturated rings. The fourth-order valence-corrected chi connectivity index (χ4v) is 6.97. The van der Waals surface area contributed by atoms with E-state index in [1.165, 1.54) is 26.0 Å². The number of sulfonamides is 1. The fourth-order valence-electron chi connectivity index (χ4n) is 3.28. The number of amides is 1. The number of likely N-dealkylation sites (N-methyl/N-ethyl adjacent to an activating group) is 1. The number of thiophene rings is 2. The molecule has 1 unspecified atom stereocenters. The lowest BCUT2D eigenvalue weighted by Gasteiger charge is -2.25. The molecule has 0 saturated heterocycles. The molecule has 2 heterocycles. The van der Waals surface area contributed by atoms with Gasteiger partial charge in [-0.05, 0) is 42.3 Å². The lowest BCUT2D eigenvalue weighted by molar-refractivity contribution is -0.122. The van der Waals surface area contributed by atoms with Gasteiger partial charge in [0.25, 0.3) is 10.0 Å². The van der Waals surface area contributed by atoms with Crippen molar-refractivity contribution in [1.29, 1.82) is 0 Å². The molecule has 1 aliphatic carbocycles. The maximum atomic E-state index is 12.6. The quantitative estimate of drug-likeness (QED) is 0.715. The minimum Gasteiger partial charge on any atom is -0.347 e. The standard InChI is InChI=1S/C17H21ClN2O3S3/c1-20(26(22,23)16-9-8-14(18)25-16)11-15(21)19-17(12-5-2-3-6-12)13-7-4-10-24-13/h4,7-10,12,17H,2-3,5-6,11H2,1H3,(H,19,21). The SMILES string of the molecule is CN(CC(=O)NC(c1cccs1)C1CCCC1)S(=O)(=O)c1ccc(Cl)s1. The topological polar surface area (TPSA) is 66.5 Å². The summed E-state index contributed by atoms with van der Waals surface area (Å²) >= 11 is 8.45. The van der Waals surface area contributed by atoms with E-state index in [1.54, 1.807) is 17.4 Å². The Bertz CT molecular complexity index is 842. The van der Waals surface area contributed by atoms with Crippen LogP contribution in [0.15, 0.2) is 33.9 Å². The Morgan fingerprint density at radius 3 is 2.65 bits per heavy atom. The maximum Gasteiger partial charge on any atom is 0.252 e. The Morgan fingerprint density at radius 1 is 1.35 bits per heavy atom. The van der Waals surface area contributed by atoms with E-state index in [0.717, 1.165) is 33.4 Å². The van der Waals surface area contributed by atoms with Gasteiger partial charge in [0, 0.05) is 11.9 Å². The number of hydrogen-bond donors (Lipinski definition) is 1. The summed E-state index contributed by atoms with van der Waals surface area (Å²) in [5, 5.41) is 5.06. The highest BCUT2D eigenvalue weighted by molar-refractivity contribution is 7.91. The Morgan fingerprint density at radius 2 is 2.08 bits per heavy atom. The van der Waals surface area contributed by atoms with Gasteiger partial charge in [-0.3, -0.25) is 4.79 Å². The monoisotopic (exact) mass is 432 g/mol. The van der Waals surface area contributed by atoms with Crippen molar-refractivity contribution in [2.45, 2.75) is 35.9 Å². The molecule has 0 bridgehead atoms. The van der Waals surface area contributed by atoms with Gasteiger partial charge in [-0.15, -0.1) is 22.7 Å². The molecule has 9 heteroatoms. The molecule has 3 rings (SSSR count). The van der Waals surface area contributed by atoms with Crippen molar-refractivity contribution < 1.29 is 13.2 Å². The van der Waals surface area contributed by atoms with Crippen molar-refractivity contribution in [2.75, 3.05) is 13.6 Å². The molecule has 142 valence electrons. The molecule has 1 N–H and O–H groups in total. The van der Waals surface area contributed by atoms with Crippen LogP contribution in [0.2, 0.25) is 4.34 Å². The molecule has 0 spiro atoms. The minimum absolute atomic E-state index is 0.0442. The van der Waals surface area contributed by atoms with Crippen LogP contribution in [-0.4, -0.2) is 32.2 Å². The Labute approximate surface area is 167 Å². The zero-order chi connectivity index (χ0) is 18.7. The number of nitrogens with one attached hydrogen (secondary N) is 1. The molecule has 1 atom stereocenters. The van der Waals surface area contributed by atoms with Gasteiger partial charge in [0.1, 0.15) is 4.21 Å². The molecule has 1 aliphatic rings. The molecule has 1 amide bonds. The van der Waals surface area contributed by atoms with E-state index in [1.807, 2.05) is 17.5 Å². The number of nitrogens with zero attached hydrogens (tertiary/aromatic N) is 1. The summed E-state index contributed by atoms with van der Waals surface area (Å²) in [6, 6.07) is 6.97. The number of carbonyl (C=O) groups is 1. The van der Waals surface area contributed by atoms with E-state index in [0.29, 0.717) is 10.3 Å². The zero-order valence-electron chi connectivity index (χ0n) is 14.4. The molecule has 26 heavy (non-hydrogen) atoms. The van der Waals surface area contributed by atoms with Crippen LogP contribution in [0.3, 0.4) is 0 Å². The van der Waals surface area contributed by atoms with Crippen molar-refractivity contribution >= 4 is 50.2 Å². The normalized spacial score (nSPS) is 16.9. The largest absolute Gasteiger partial charge is 0.347 e. The molecule has 5 nitrogen and oxygen atoms in total. The summed E-state index contributed by atoms with van der Waals surface area (Å²) in [5.41, 5.74) is 0. The van der Waals surface area contributed by atoms with Gasteiger partial charge >= 0.3 is 0 Å². The lowest BCUT2D eigenvalue weighted by atomic mass is 9.96. The lowest BCUT2D eigenvalue weighted by Crippen LogP contribution is -2.41. The predicted molar refractivity (Wildman–Crippen MR) is 106 cm³/mol. The van der Waals surface area contributed by atoms with Gasteiger partial charge in [-0.2, -0.15) is 4.31 Å². The third-order valence-corrected chi connectivity index (χ3v) is 9.07. The third-order valence-electron chi connectivity index (χ3n) is 4.62. The summed E-state index contributed by atoms with van der Waals surface area (Å²) in [6.07, 6.45) is 4.53. The number of halogens is 1. The molecule has 0 aliphatic heterocycles. The van der Waals surface area contributed by atoms with Gasteiger partial charge in [0.05, 0.1) is 16.9 Å². The summed E-state index contributed by atoms with van der Waals surface area (Å²) in [5.74, 6) is 0.125. The van der Waals surface area contributed by atoms with Crippen LogP contribution in [0.4, 0.5) is 0 Å². The molecule has 2 aromatic heterocycles. The maximum absolute atomic E-state index is 12.6. The van der Waals surface area contributed by atoms with E-state index in [-0.39, 0.29) is 22.7 Å². The second-order valence-electron chi connectivity index (χ2n) is 6.42. The first kappa shape index (κ1) is 19.8. The predicted octanol–water partition coefficient (Wildman–Crippen LogP) is 4.13. The van der Waals surface area contributed by atoms with Crippen molar-refractivity contribution in [3.63, 3.8) is 0 Å². The zero-order valence-corrected chi connectivity index (χ0v) is 17.6. The van der Waals surface area contributed by atoms with Crippen molar-refractivity contribution in [3.05, 3.63) is 38.9 Å². The van der Waals surface area contributed by atoms with Crippen LogP contribution in [0.5, 0.6) is 0 Å². The number of rotatable bonds is 7. The first-order chi connectivity index (χ1) is 12.4. The van der Waals surface area contributed by atoms with Gasteiger partial charge < -0.3 is 5.32 Å². The van der Waals surface area contributed by atoms with Crippen LogP contribution < -0.4 is 5.32 Å². The summed E-state index contributed by atoms with van der Waals surface area (Å²) in [6.45, 7) is -0.216. The highest BCUT2D eigenvalue weighted by Crippen LogP contribution is 2.37. The van der Waals surface area contributed by atoms with E-state index in [4.69, 9.17) is 11.6 Å². The Kier molecular flexibility index (Phi) is 6.40. The van der Waals surface area contributed by atoms with Crippen LogP contribution >= 0.6 is 34.3 Å². The summed E-state index contributed by atoms with van der Waals surface area (Å²) < 4.78 is 26.7. The Hall–Kier alpha value is -0.930. The van der Waals surface area contributed by atoms with E-state index < -0.39 is 10.0 Å². The first-order valence-corrected chi connectivity index (χ1v) is 11.9. The molecule has 1 saturated carbocycles. The second-order valence-corrected chi connectivity index (χ2v) is 11.4. The van der Waals surface area contributed by atoms with Crippen molar-refractivity contribution in [3.8, 4) is 0 Å². The first-order valence-electron chi connectivity index (χ1n) is 8.42. The highest BCUT2D eigenvalue weighted by atomic mass is 35.5. The van der Waals surface area contributed by atoms with Gasteiger partial charge in [0.15, 0.2) is 0 Å². The van der Waals surface area contributed by atoms with E-state index in [9.17, 15) is 13.2 Å². The number of carbonyl (C=O) groups excluding carboxylic acids is 1. The van der Waals surface area contributed by atoms with Gasteiger partial charge in [0.2, 0.25) is 5.91 Å². The molecular weight excluding hydrogens is 412 g/mol. The van der Waals surface area contributed by atoms with Crippen LogP contribution in [-0.2, 0) is 14.8 Å². The fraction of sp³-hybridized carbons (Fsp3) is 0.471. The third kappa shape index (κ3) is 4.48. The van der Waals surface area contributed by atoms with Crippen molar-refractivity contribution in [2.24, 2.45) is 5.92 Å². The van der Waals surface area contributed by atoms with Gasteiger partial charge in [-0.1, -0.05) is 30.5 Å². The smallest absolute Gasteiger partial charge is 0.252 e.